The van der Waals surface area contributed by atoms with E-state index in [0.717, 1.165) is 93.7 Å². The van der Waals surface area contributed by atoms with Gasteiger partial charge in [-0.3, -0.25) is 30.3 Å². The number of benzene rings is 9. The van der Waals surface area contributed by atoms with Crippen LogP contribution in [0, 0.1) is 44.2 Å². The molecule has 0 unspecified atom stereocenters. The van der Waals surface area contributed by atoms with Gasteiger partial charge >= 0.3 is 18.1 Å². The van der Waals surface area contributed by atoms with E-state index in [-0.39, 0.29) is 23.3 Å². The highest BCUT2D eigenvalue weighted by molar-refractivity contribution is 7.90. The van der Waals surface area contributed by atoms with Gasteiger partial charge in [0.05, 0.1) is 21.9 Å². The number of rotatable bonds is 24. The fourth-order valence-electron chi connectivity index (χ4n) is 9.39. The van der Waals surface area contributed by atoms with Crippen LogP contribution in [0.2, 0.25) is 0 Å². The lowest BCUT2D eigenvalue weighted by atomic mass is 10.0. The second kappa shape index (κ2) is 34.9. The number of ether oxygens (including phenoxy) is 4. The van der Waals surface area contributed by atoms with Crippen molar-refractivity contribution >= 4 is 65.2 Å². The van der Waals surface area contributed by atoms with Crippen LogP contribution in [0.1, 0.15) is 71.9 Å². The Kier molecular flexibility index (Phi) is 26.5. The van der Waals surface area contributed by atoms with E-state index in [0.29, 0.717) is 36.0 Å². The molecule has 0 saturated carbocycles. The molecule has 0 heterocycles. The van der Waals surface area contributed by atoms with Crippen LogP contribution in [-0.2, 0) is 30.1 Å². The number of non-ortho nitro benzene ring substituents is 3. The molecule has 9 aromatic rings. The van der Waals surface area contributed by atoms with Crippen molar-refractivity contribution in [3.05, 3.63) is 242 Å². The van der Waals surface area contributed by atoms with Gasteiger partial charge in [0.25, 0.3) is 47.1 Å². The molecule has 28 nitrogen and oxygen atoms in total. The highest BCUT2D eigenvalue weighted by atomic mass is 32.2. The maximum absolute atomic E-state index is 13.0. The van der Waals surface area contributed by atoms with Crippen molar-refractivity contribution in [3.63, 3.8) is 0 Å². The van der Waals surface area contributed by atoms with Gasteiger partial charge in [0.1, 0.15) is 54.9 Å². The molecule has 540 valence electrons. The number of nitro benzene ring substituents is 3. The molecule has 9 aromatic carbocycles. The predicted octanol–water partition coefficient (Wildman–Crippen LogP) is 15.1. The van der Waals surface area contributed by atoms with Gasteiger partial charge in [-0.05, 0) is 155 Å². The van der Waals surface area contributed by atoms with Gasteiger partial charge in [0.2, 0.25) is 0 Å². The van der Waals surface area contributed by atoms with E-state index >= 15 is 0 Å². The summed E-state index contributed by atoms with van der Waals surface area (Å²) in [7, 11) is -11.9. The quantitative estimate of drug-likeness (QED) is 0.0186. The standard InChI is InChI=1S/C25H27N3O6S.C24H25N3O6S.C23H23N3O7S/c1-3-4-5-15-26-25(29)27-35(32,33)24-17-21(28(30)31)13-14-23(24)34-22-8-6-7-20(16-22)19-11-9-18(2)10-12-19;1-16-8-10-17(11-9-16)18-6-5-7-20(14-18)33-21-13-12-19(27(29)30)15-22(21)34(31,32)26-23(28)25-24(2,3)4;1-15(2)24-23(27)25-34(30,31)22-14-18(26(28)29)9-12-21(22)33-20-6-4-5-17(13-20)16-7-10-19(32-3)11-8-16/h6-14,16-17H,3-5,15H2,1-2H3,(H2,26,27,29);5-15H,1-4H3,(H2,25,26,28);4-15H,1-3H3,(H2,24,25,27). The van der Waals surface area contributed by atoms with Gasteiger partial charge in [-0.1, -0.05) is 128 Å². The van der Waals surface area contributed by atoms with Crippen molar-refractivity contribution in [1.82, 2.24) is 30.1 Å². The van der Waals surface area contributed by atoms with Gasteiger partial charge in [-0.15, -0.1) is 0 Å². The van der Waals surface area contributed by atoms with Crippen LogP contribution >= 0.6 is 0 Å². The normalized spacial score (nSPS) is 11.2. The number of aryl methyl sites for hydroxylation is 2. The maximum atomic E-state index is 13.0. The first-order valence-electron chi connectivity index (χ1n) is 31.6. The second-order valence-electron chi connectivity index (χ2n) is 24.1. The van der Waals surface area contributed by atoms with E-state index in [9.17, 15) is 70.0 Å². The molecule has 0 aliphatic carbocycles. The van der Waals surface area contributed by atoms with Crippen molar-refractivity contribution in [3.8, 4) is 73.6 Å². The Morgan fingerprint density at radius 2 is 0.777 bits per heavy atom. The molecule has 0 aromatic heterocycles. The Morgan fingerprint density at radius 1 is 0.437 bits per heavy atom. The first-order chi connectivity index (χ1) is 48.6. The summed E-state index contributed by atoms with van der Waals surface area (Å²) in [5.74, 6) is 1.16. The van der Waals surface area contributed by atoms with E-state index < -0.39 is 100 Å². The Bertz CT molecular complexity index is 4920. The average Bonchev–Trinajstić information content (AvgIpc) is 0.804. The molecule has 0 fully saturated rings. The summed E-state index contributed by atoms with van der Waals surface area (Å²) in [6, 6.07) is 50.3. The van der Waals surface area contributed by atoms with Gasteiger partial charge in [-0.2, -0.15) is 0 Å². The van der Waals surface area contributed by atoms with E-state index in [2.05, 4.69) is 16.0 Å². The molecule has 0 aliphatic heterocycles. The number of carbonyl (C=O) groups excluding carboxylic acids is 3. The van der Waals surface area contributed by atoms with Crippen LogP contribution in [0.5, 0.6) is 40.2 Å². The van der Waals surface area contributed by atoms with Crippen LogP contribution in [0.4, 0.5) is 31.4 Å². The summed E-state index contributed by atoms with van der Waals surface area (Å²) in [6.45, 7) is 14.6. The molecule has 9 rings (SSSR count). The van der Waals surface area contributed by atoms with E-state index in [1.165, 1.54) is 18.2 Å². The zero-order chi connectivity index (χ0) is 75.4. The van der Waals surface area contributed by atoms with Crippen LogP contribution in [0.25, 0.3) is 33.4 Å². The first-order valence-corrected chi connectivity index (χ1v) is 36.0. The number of urea groups is 3. The van der Waals surface area contributed by atoms with E-state index in [4.69, 9.17) is 18.9 Å². The number of nitrogens with zero attached hydrogens (tertiary/aromatic N) is 3. The van der Waals surface area contributed by atoms with Crippen molar-refractivity contribution in [2.75, 3.05) is 13.7 Å². The third kappa shape index (κ3) is 23.3. The molecular formula is C72H75N9O19S3. The summed E-state index contributed by atoms with van der Waals surface area (Å²) in [4.78, 5) is 66.3. The summed E-state index contributed by atoms with van der Waals surface area (Å²) in [5, 5.41) is 41.1. The molecule has 0 bridgehead atoms. The van der Waals surface area contributed by atoms with Crippen LogP contribution in [-0.4, -0.2) is 83.4 Å². The highest BCUT2D eigenvalue weighted by Crippen LogP contribution is 2.38. The van der Waals surface area contributed by atoms with Crippen LogP contribution in [0.15, 0.2) is 215 Å². The molecule has 6 amide bonds. The maximum Gasteiger partial charge on any atom is 0.329 e. The molecule has 31 heteroatoms. The highest BCUT2D eigenvalue weighted by Gasteiger charge is 2.30. The number of amides is 6. The lowest BCUT2D eigenvalue weighted by Gasteiger charge is -2.21. The fourth-order valence-corrected chi connectivity index (χ4v) is 12.6. The summed E-state index contributed by atoms with van der Waals surface area (Å²) in [6.07, 6.45) is 2.53. The zero-order valence-electron chi connectivity index (χ0n) is 57.3. The Hall–Kier alpha value is -12.0. The molecule has 6 N–H and O–H groups in total. The third-order valence-electron chi connectivity index (χ3n) is 14.3. The van der Waals surface area contributed by atoms with Crippen molar-refractivity contribution in [2.45, 2.75) is 101 Å². The van der Waals surface area contributed by atoms with Crippen molar-refractivity contribution in [1.29, 1.82) is 0 Å². The second-order valence-corrected chi connectivity index (χ2v) is 29.1. The first kappa shape index (κ1) is 78.4. The minimum absolute atomic E-state index is 0.150. The fraction of sp³-hybridized carbons (Fsp3) is 0.208. The third-order valence-corrected chi connectivity index (χ3v) is 18.4. The number of methoxy groups -OCH3 is 1. The molecule has 0 spiro atoms. The topological polar surface area (TPSA) is 392 Å². The number of carbonyl (C=O) groups is 3. The zero-order valence-corrected chi connectivity index (χ0v) is 59.7. The SMILES string of the molecule is CCCCCNC(=O)NS(=O)(=O)c1cc([N+](=O)[O-])ccc1Oc1cccc(-c2ccc(C)cc2)c1.COc1ccc(-c2cccc(Oc3ccc([N+](=O)[O-])cc3S(=O)(=O)NC(=O)NC(C)C)c2)cc1.Cc1ccc(-c2cccc(Oc3ccc([N+](=O)[O-])cc3S(=O)(=O)NC(=O)NC(C)(C)C)c2)cc1. The Labute approximate surface area is 595 Å². The lowest BCUT2D eigenvalue weighted by Crippen LogP contribution is -2.48. The number of nitro groups is 3. The Balaban J connectivity index is 0.000000216. The number of sulfonamides is 3. The molecule has 0 saturated heterocycles. The van der Waals surface area contributed by atoms with Crippen LogP contribution in [0.3, 0.4) is 0 Å². The van der Waals surface area contributed by atoms with E-state index in [1.54, 1.807) is 108 Å². The average molecular weight is 1470 g/mol. The van der Waals surface area contributed by atoms with Crippen LogP contribution < -0.4 is 49.1 Å². The molecule has 103 heavy (non-hydrogen) atoms. The predicted molar refractivity (Wildman–Crippen MR) is 387 cm³/mol. The summed E-state index contributed by atoms with van der Waals surface area (Å²) >= 11 is 0. The number of hydrogen-bond donors (Lipinski definition) is 6. The van der Waals surface area contributed by atoms with Crippen molar-refractivity contribution < 1.29 is 73.4 Å². The lowest BCUT2D eigenvalue weighted by molar-refractivity contribution is -0.385. The molecule has 0 aliphatic rings. The Morgan fingerprint density at radius 3 is 1.10 bits per heavy atom. The largest absolute Gasteiger partial charge is 0.497 e. The van der Waals surface area contributed by atoms with Gasteiger partial charge < -0.3 is 34.9 Å². The number of nitrogens with one attached hydrogen (secondary N) is 6. The van der Waals surface area contributed by atoms with Crippen molar-refractivity contribution in [2.24, 2.45) is 0 Å². The van der Waals surface area contributed by atoms with Gasteiger partial charge in [0, 0.05) is 54.5 Å². The van der Waals surface area contributed by atoms with Gasteiger partial charge in [-0.25, -0.2) is 53.8 Å². The smallest absolute Gasteiger partial charge is 0.329 e. The number of unbranched alkanes of at least 4 members (excludes halogenated alkanes) is 2. The minimum atomic E-state index is -4.50. The minimum Gasteiger partial charge on any atom is -0.497 e. The molecule has 0 atom stereocenters. The summed E-state index contributed by atoms with van der Waals surface area (Å²) < 4.78 is 106. The van der Waals surface area contributed by atoms with E-state index in [1.807, 2.05) is 114 Å². The summed E-state index contributed by atoms with van der Waals surface area (Å²) in [5.41, 5.74) is 5.38. The molecular weight excluding hydrogens is 1390 g/mol. The number of hydrogen-bond acceptors (Lipinski definition) is 19. The molecule has 0 radical (unpaired) electrons. The monoisotopic (exact) mass is 1470 g/mol. The van der Waals surface area contributed by atoms with Gasteiger partial charge in [0.15, 0.2) is 0 Å².